The second-order valence-electron chi connectivity index (χ2n) is 4.49. The third-order valence-electron chi connectivity index (χ3n) is 3.15. The van der Waals surface area contributed by atoms with Gasteiger partial charge < -0.3 is 5.73 Å². The predicted octanol–water partition coefficient (Wildman–Crippen LogP) is 3.56. The van der Waals surface area contributed by atoms with Crippen LogP contribution in [0, 0.1) is 5.82 Å². The summed E-state index contributed by atoms with van der Waals surface area (Å²) in [5.74, 6) is -0.259. The maximum Gasteiger partial charge on any atom is 0.123 e. The van der Waals surface area contributed by atoms with E-state index in [1.54, 1.807) is 16.8 Å². The summed E-state index contributed by atoms with van der Waals surface area (Å²) in [7, 11) is 0. The summed E-state index contributed by atoms with van der Waals surface area (Å²) in [6, 6.07) is 16.1. The van der Waals surface area contributed by atoms with E-state index in [4.69, 9.17) is 5.73 Å². The molecule has 0 aliphatic carbocycles. The average Bonchev–Trinajstić information content (AvgIpc) is 2.93. The third kappa shape index (κ3) is 3.12. The number of aromatic nitrogens is 2. The van der Waals surface area contributed by atoms with Crippen LogP contribution in [-0.4, -0.2) is 9.78 Å². The van der Waals surface area contributed by atoms with Gasteiger partial charge in [0.1, 0.15) is 5.82 Å². The van der Waals surface area contributed by atoms with Crippen LogP contribution in [0.3, 0.4) is 0 Å². The smallest absolute Gasteiger partial charge is 0.123 e. The molecule has 3 rings (SSSR count). The summed E-state index contributed by atoms with van der Waals surface area (Å²) in [6.45, 7) is 0.388. The fraction of sp³-hybridized carbons (Fsp3) is 0.0625. The molecule has 0 aliphatic rings. The number of nitrogens with two attached hydrogens (primary N) is 1. The summed E-state index contributed by atoms with van der Waals surface area (Å²) in [6.07, 6.45) is 1.91. The van der Waals surface area contributed by atoms with Crippen LogP contribution in [0.2, 0.25) is 0 Å². The second kappa shape index (κ2) is 6.52. The fourth-order valence-corrected chi connectivity index (χ4v) is 2.12. The monoisotopic (exact) mass is 303 g/mol. The normalized spacial score (nSPS) is 10.2. The van der Waals surface area contributed by atoms with Crippen molar-refractivity contribution in [3.05, 3.63) is 72.2 Å². The molecule has 0 saturated heterocycles. The van der Waals surface area contributed by atoms with E-state index >= 15 is 0 Å². The molecule has 0 radical (unpaired) electrons. The van der Waals surface area contributed by atoms with Crippen molar-refractivity contribution < 1.29 is 4.39 Å². The molecule has 2 N–H and O–H groups in total. The first kappa shape index (κ1) is 15.2. The van der Waals surface area contributed by atoms with Gasteiger partial charge >= 0.3 is 0 Å². The Kier molecular flexibility index (Phi) is 4.73. The summed E-state index contributed by atoms with van der Waals surface area (Å²) >= 11 is 0. The predicted molar refractivity (Wildman–Crippen MR) is 84.1 cm³/mol. The van der Waals surface area contributed by atoms with Crippen molar-refractivity contribution in [2.75, 3.05) is 0 Å². The lowest BCUT2D eigenvalue weighted by atomic mass is 10.1. The van der Waals surface area contributed by atoms with Crippen LogP contribution in [-0.2, 0) is 6.54 Å². The molecule has 0 spiro atoms. The fourth-order valence-electron chi connectivity index (χ4n) is 2.12. The molecule has 3 aromatic rings. The van der Waals surface area contributed by atoms with Crippen molar-refractivity contribution in [1.29, 1.82) is 0 Å². The number of para-hydroxylation sites is 1. The molecule has 2 aromatic carbocycles. The molecule has 0 amide bonds. The Bertz CT molecular complexity index is 708. The van der Waals surface area contributed by atoms with Crippen LogP contribution in [0.5, 0.6) is 0 Å². The molecule has 3 nitrogen and oxygen atoms in total. The molecule has 5 heteroatoms. The molecule has 0 bridgehead atoms. The molecule has 0 aliphatic heterocycles. The minimum atomic E-state index is -0.259. The van der Waals surface area contributed by atoms with Crippen LogP contribution in [0.25, 0.3) is 16.9 Å². The second-order valence-corrected chi connectivity index (χ2v) is 4.49. The molecule has 1 heterocycles. The highest BCUT2D eigenvalue weighted by atomic mass is 35.5. The SMILES string of the molecule is Cl.NCc1cn(-c2ccccc2)nc1-c1ccc(F)cc1. The van der Waals surface area contributed by atoms with Gasteiger partial charge in [-0.05, 0) is 36.4 Å². The number of hydrogen-bond donors (Lipinski definition) is 1. The lowest BCUT2D eigenvalue weighted by Gasteiger charge is -2.00. The van der Waals surface area contributed by atoms with Gasteiger partial charge in [-0.2, -0.15) is 5.10 Å². The molecule has 0 fully saturated rings. The first-order valence-corrected chi connectivity index (χ1v) is 6.38. The van der Waals surface area contributed by atoms with E-state index in [0.29, 0.717) is 6.54 Å². The Balaban J connectivity index is 0.00000161. The Morgan fingerprint density at radius 1 is 1.00 bits per heavy atom. The van der Waals surface area contributed by atoms with Crippen molar-refractivity contribution in [3.8, 4) is 16.9 Å². The number of rotatable bonds is 3. The van der Waals surface area contributed by atoms with E-state index in [1.165, 1.54) is 12.1 Å². The molecule has 0 saturated carbocycles. The van der Waals surface area contributed by atoms with Gasteiger partial charge in [0.15, 0.2) is 0 Å². The topological polar surface area (TPSA) is 43.8 Å². The van der Waals surface area contributed by atoms with Crippen LogP contribution >= 0.6 is 12.4 Å². The minimum Gasteiger partial charge on any atom is -0.326 e. The average molecular weight is 304 g/mol. The quantitative estimate of drug-likeness (QED) is 0.804. The molecular weight excluding hydrogens is 289 g/mol. The summed E-state index contributed by atoms with van der Waals surface area (Å²) in [4.78, 5) is 0. The van der Waals surface area contributed by atoms with Crippen molar-refractivity contribution in [2.24, 2.45) is 5.73 Å². The van der Waals surface area contributed by atoms with Crippen LogP contribution in [0.4, 0.5) is 4.39 Å². The number of nitrogens with zero attached hydrogens (tertiary/aromatic N) is 2. The van der Waals surface area contributed by atoms with Crippen LogP contribution < -0.4 is 5.73 Å². The number of hydrogen-bond acceptors (Lipinski definition) is 2. The van der Waals surface area contributed by atoms with Gasteiger partial charge in [-0.25, -0.2) is 9.07 Å². The molecular formula is C16H15ClFN3. The molecule has 1 aromatic heterocycles. The summed E-state index contributed by atoms with van der Waals surface area (Å²) < 4.78 is 14.8. The molecule has 21 heavy (non-hydrogen) atoms. The van der Waals surface area contributed by atoms with Gasteiger partial charge in [0.05, 0.1) is 11.4 Å². The zero-order chi connectivity index (χ0) is 13.9. The van der Waals surface area contributed by atoms with E-state index in [1.807, 2.05) is 36.5 Å². The van der Waals surface area contributed by atoms with Gasteiger partial charge in [0, 0.05) is 23.9 Å². The largest absolute Gasteiger partial charge is 0.326 e. The zero-order valence-electron chi connectivity index (χ0n) is 11.2. The van der Waals surface area contributed by atoms with Crippen molar-refractivity contribution in [1.82, 2.24) is 9.78 Å². The Morgan fingerprint density at radius 3 is 2.29 bits per heavy atom. The maximum atomic E-state index is 13.0. The Hall–Kier alpha value is -2.17. The Labute approximate surface area is 128 Å². The molecule has 0 atom stereocenters. The molecule has 108 valence electrons. The number of benzene rings is 2. The summed E-state index contributed by atoms with van der Waals surface area (Å²) in [5.41, 5.74) is 9.33. The minimum absolute atomic E-state index is 0. The van der Waals surface area contributed by atoms with Crippen molar-refractivity contribution in [3.63, 3.8) is 0 Å². The van der Waals surface area contributed by atoms with Gasteiger partial charge in [0.2, 0.25) is 0 Å². The van der Waals surface area contributed by atoms with E-state index < -0.39 is 0 Å². The Morgan fingerprint density at radius 2 is 1.67 bits per heavy atom. The van der Waals surface area contributed by atoms with E-state index in [9.17, 15) is 4.39 Å². The van der Waals surface area contributed by atoms with Gasteiger partial charge in [-0.3, -0.25) is 0 Å². The van der Waals surface area contributed by atoms with E-state index in [-0.39, 0.29) is 18.2 Å². The van der Waals surface area contributed by atoms with Crippen LogP contribution in [0.1, 0.15) is 5.56 Å². The highest BCUT2D eigenvalue weighted by Gasteiger charge is 2.11. The highest BCUT2D eigenvalue weighted by molar-refractivity contribution is 5.85. The number of halogens is 2. The molecule has 0 unspecified atom stereocenters. The lowest BCUT2D eigenvalue weighted by Crippen LogP contribution is -1.96. The highest BCUT2D eigenvalue weighted by Crippen LogP contribution is 2.23. The third-order valence-corrected chi connectivity index (χ3v) is 3.15. The lowest BCUT2D eigenvalue weighted by molar-refractivity contribution is 0.628. The maximum absolute atomic E-state index is 13.0. The standard InChI is InChI=1S/C16H14FN3.ClH/c17-14-8-6-12(7-9-14)16-13(10-18)11-20(19-16)15-4-2-1-3-5-15;/h1-9,11H,10,18H2;1H. The van der Waals surface area contributed by atoms with E-state index in [2.05, 4.69) is 5.10 Å². The first-order valence-electron chi connectivity index (χ1n) is 6.38. The van der Waals surface area contributed by atoms with E-state index in [0.717, 1.165) is 22.5 Å². The van der Waals surface area contributed by atoms with Gasteiger partial charge in [-0.1, -0.05) is 18.2 Å². The zero-order valence-corrected chi connectivity index (χ0v) is 12.1. The summed E-state index contributed by atoms with van der Waals surface area (Å²) in [5, 5.41) is 4.57. The van der Waals surface area contributed by atoms with Crippen LogP contribution in [0.15, 0.2) is 60.8 Å². The van der Waals surface area contributed by atoms with Gasteiger partial charge in [0.25, 0.3) is 0 Å². The van der Waals surface area contributed by atoms with Crippen molar-refractivity contribution in [2.45, 2.75) is 6.54 Å². The van der Waals surface area contributed by atoms with Crippen molar-refractivity contribution >= 4 is 12.4 Å². The first-order chi connectivity index (χ1) is 9.78. The van der Waals surface area contributed by atoms with Gasteiger partial charge in [-0.15, -0.1) is 12.4 Å².